The number of nitrogens with one attached hydrogen (secondary N) is 1. The van der Waals surface area contributed by atoms with Crippen LogP contribution in [0.3, 0.4) is 0 Å². The summed E-state index contributed by atoms with van der Waals surface area (Å²) in [6.07, 6.45) is 3.09. The van der Waals surface area contributed by atoms with Gasteiger partial charge in [-0.2, -0.15) is 4.98 Å². The van der Waals surface area contributed by atoms with Gasteiger partial charge in [0.15, 0.2) is 0 Å². The predicted molar refractivity (Wildman–Crippen MR) is 87.6 cm³/mol. The molecule has 1 unspecified atom stereocenters. The highest BCUT2D eigenvalue weighted by atomic mass is 35.5. The summed E-state index contributed by atoms with van der Waals surface area (Å²) in [5.41, 5.74) is 1.33. The third-order valence-corrected chi connectivity index (χ3v) is 3.96. The molecular weight excluding hydrogens is 318 g/mol. The van der Waals surface area contributed by atoms with Crippen LogP contribution in [-0.2, 0) is 11.2 Å². The van der Waals surface area contributed by atoms with Crippen LogP contribution in [0.25, 0.3) is 11.4 Å². The number of aromatic nitrogens is 2. The zero-order valence-corrected chi connectivity index (χ0v) is 13.8. The number of carbonyl (C=O) groups is 1. The minimum absolute atomic E-state index is 0. The number of carbonyl (C=O) groups excluding carboxylic acids is 1. The van der Waals surface area contributed by atoms with E-state index in [1.54, 1.807) is 24.3 Å². The van der Waals surface area contributed by atoms with E-state index < -0.39 is 0 Å². The Morgan fingerprint density at radius 2 is 2.17 bits per heavy atom. The molecule has 0 spiro atoms. The second kappa shape index (κ2) is 8.08. The highest BCUT2D eigenvalue weighted by Gasteiger charge is 2.16. The lowest BCUT2D eigenvalue weighted by Gasteiger charge is -2.03. The van der Waals surface area contributed by atoms with E-state index in [1.165, 1.54) is 13.5 Å². The molecule has 0 saturated carbocycles. The van der Waals surface area contributed by atoms with Gasteiger partial charge in [-0.1, -0.05) is 17.3 Å². The number of benzene rings is 1. The molecule has 1 N–H and O–H groups in total. The van der Waals surface area contributed by atoms with E-state index in [0.29, 0.717) is 23.2 Å². The highest BCUT2D eigenvalue weighted by Crippen LogP contribution is 2.19. The lowest BCUT2D eigenvalue weighted by molar-refractivity contribution is 0.0601. The van der Waals surface area contributed by atoms with Crippen LogP contribution < -0.4 is 5.32 Å². The van der Waals surface area contributed by atoms with Crippen molar-refractivity contribution in [3.05, 3.63) is 35.7 Å². The smallest absolute Gasteiger partial charge is 0.337 e. The third kappa shape index (κ3) is 4.30. The first kappa shape index (κ1) is 17.4. The molecule has 1 aliphatic rings. The summed E-state index contributed by atoms with van der Waals surface area (Å²) in [7, 11) is 1.36. The largest absolute Gasteiger partial charge is 0.465 e. The van der Waals surface area contributed by atoms with Crippen molar-refractivity contribution in [2.45, 2.75) is 19.3 Å². The topological polar surface area (TPSA) is 77.2 Å². The van der Waals surface area contributed by atoms with Gasteiger partial charge in [0, 0.05) is 12.0 Å². The van der Waals surface area contributed by atoms with Crippen molar-refractivity contribution >= 4 is 18.4 Å². The number of aryl methyl sites for hydroxylation is 1. The first-order valence-corrected chi connectivity index (χ1v) is 7.48. The van der Waals surface area contributed by atoms with Crippen LogP contribution in [-0.4, -0.2) is 36.3 Å². The number of hydrogen-bond donors (Lipinski definition) is 1. The van der Waals surface area contributed by atoms with Crippen molar-refractivity contribution in [3.8, 4) is 11.4 Å². The van der Waals surface area contributed by atoms with Crippen LogP contribution in [0.4, 0.5) is 0 Å². The fraction of sp³-hybridized carbons (Fsp3) is 0.438. The number of esters is 1. The second-order valence-corrected chi connectivity index (χ2v) is 5.48. The summed E-state index contributed by atoms with van der Waals surface area (Å²) in [4.78, 5) is 15.8. The maximum Gasteiger partial charge on any atom is 0.337 e. The molecule has 2 aromatic rings. The molecule has 0 aliphatic carbocycles. The molecule has 7 heteroatoms. The van der Waals surface area contributed by atoms with Crippen molar-refractivity contribution in [1.29, 1.82) is 0 Å². The van der Waals surface area contributed by atoms with Gasteiger partial charge in [-0.3, -0.25) is 0 Å². The summed E-state index contributed by atoms with van der Waals surface area (Å²) in [5.74, 6) is 1.56. The molecule has 3 rings (SSSR count). The molecule has 6 nitrogen and oxygen atoms in total. The van der Waals surface area contributed by atoms with Gasteiger partial charge < -0.3 is 14.6 Å². The van der Waals surface area contributed by atoms with Gasteiger partial charge in [0.1, 0.15) is 0 Å². The van der Waals surface area contributed by atoms with Crippen LogP contribution >= 0.6 is 12.4 Å². The van der Waals surface area contributed by atoms with Gasteiger partial charge in [0.25, 0.3) is 0 Å². The van der Waals surface area contributed by atoms with E-state index in [2.05, 4.69) is 20.2 Å². The van der Waals surface area contributed by atoms with Gasteiger partial charge in [-0.15, -0.1) is 12.4 Å². The van der Waals surface area contributed by atoms with Gasteiger partial charge in [-0.05, 0) is 44.0 Å². The van der Waals surface area contributed by atoms with Crippen LogP contribution in [0.15, 0.2) is 28.8 Å². The van der Waals surface area contributed by atoms with E-state index in [0.717, 1.165) is 31.5 Å². The molecule has 0 radical (unpaired) electrons. The lowest BCUT2D eigenvalue weighted by atomic mass is 10.0. The van der Waals surface area contributed by atoms with Crippen LogP contribution in [0, 0.1) is 5.92 Å². The number of hydrogen-bond acceptors (Lipinski definition) is 6. The Labute approximate surface area is 141 Å². The van der Waals surface area contributed by atoms with E-state index in [4.69, 9.17) is 4.52 Å². The molecule has 1 atom stereocenters. The molecule has 1 aromatic carbocycles. The van der Waals surface area contributed by atoms with E-state index in [1.807, 2.05) is 0 Å². The van der Waals surface area contributed by atoms with Gasteiger partial charge in [0.2, 0.25) is 11.7 Å². The number of methoxy groups -OCH3 is 1. The Morgan fingerprint density at radius 3 is 2.83 bits per heavy atom. The summed E-state index contributed by atoms with van der Waals surface area (Å²) >= 11 is 0. The number of halogens is 1. The SMILES string of the molecule is COC(=O)c1ccc(-c2noc(CCC3CCNC3)n2)cc1.Cl. The summed E-state index contributed by atoms with van der Waals surface area (Å²) in [5, 5.41) is 7.36. The highest BCUT2D eigenvalue weighted by molar-refractivity contribution is 5.89. The number of nitrogens with zero attached hydrogens (tertiary/aromatic N) is 2. The Balaban J connectivity index is 0.00000192. The first-order chi connectivity index (χ1) is 10.8. The van der Waals surface area contributed by atoms with Gasteiger partial charge in [0.05, 0.1) is 12.7 Å². The van der Waals surface area contributed by atoms with Crippen molar-refractivity contribution < 1.29 is 14.1 Å². The standard InChI is InChI=1S/C16H19N3O3.ClH/c1-21-16(20)13-5-3-12(4-6-13)15-18-14(22-19-15)7-2-11-8-9-17-10-11;/h3-6,11,17H,2,7-10H2,1H3;1H. The number of rotatable bonds is 5. The molecule has 0 bridgehead atoms. The van der Waals surface area contributed by atoms with Crippen molar-refractivity contribution in [3.63, 3.8) is 0 Å². The molecule has 1 aromatic heterocycles. The third-order valence-electron chi connectivity index (χ3n) is 3.96. The van der Waals surface area contributed by atoms with Crippen LogP contribution in [0.2, 0.25) is 0 Å². The molecule has 1 aliphatic heterocycles. The molecule has 2 heterocycles. The monoisotopic (exact) mass is 337 g/mol. The molecule has 0 amide bonds. The Morgan fingerprint density at radius 1 is 1.39 bits per heavy atom. The van der Waals surface area contributed by atoms with Crippen molar-refractivity contribution in [1.82, 2.24) is 15.5 Å². The summed E-state index contributed by atoms with van der Waals surface area (Å²) in [6.45, 7) is 2.18. The Kier molecular flexibility index (Phi) is 6.12. The molecule has 1 fully saturated rings. The van der Waals surface area contributed by atoms with E-state index in [9.17, 15) is 4.79 Å². The fourth-order valence-electron chi connectivity index (χ4n) is 2.64. The van der Waals surface area contributed by atoms with Crippen LogP contribution in [0.5, 0.6) is 0 Å². The second-order valence-electron chi connectivity index (χ2n) is 5.48. The summed E-state index contributed by atoms with van der Waals surface area (Å²) in [6, 6.07) is 6.98. The Bertz CT molecular complexity index is 636. The lowest BCUT2D eigenvalue weighted by Crippen LogP contribution is -2.09. The van der Waals surface area contributed by atoms with Crippen molar-refractivity contribution in [2.24, 2.45) is 5.92 Å². The van der Waals surface area contributed by atoms with Crippen molar-refractivity contribution in [2.75, 3.05) is 20.2 Å². The van der Waals surface area contributed by atoms with E-state index >= 15 is 0 Å². The van der Waals surface area contributed by atoms with E-state index in [-0.39, 0.29) is 18.4 Å². The Hall–Kier alpha value is -1.92. The van der Waals surface area contributed by atoms with Crippen LogP contribution in [0.1, 0.15) is 29.1 Å². The quantitative estimate of drug-likeness (QED) is 0.845. The normalized spacial score (nSPS) is 16.8. The maximum absolute atomic E-state index is 11.4. The van der Waals surface area contributed by atoms with Gasteiger partial charge in [-0.25, -0.2) is 4.79 Å². The maximum atomic E-state index is 11.4. The minimum Gasteiger partial charge on any atom is -0.465 e. The summed E-state index contributed by atoms with van der Waals surface area (Å²) < 4.78 is 9.98. The molecule has 1 saturated heterocycles. The molecule has 23 heavy (non-hydrogen) atoms. The first-order valence-electron chi connectivity index (χ1n) is 7.48. The average Bonchev–Trinajstić information content (AvgIpc) is 3.24. The van der Waals surface area contributed by atoms with Gasteiger partial charge >= 0.3 is 5.97 Å². The zero-order chi connectivity index (χ0) is 15.4. The molecule has 124 valence electrons. The minimum atomic E-state index is -0.356. The fourth-order valence-corrected chi connectivity index (χ4v) is 2.64. The predicted octanol–water partition coefficient (Wildman–Crippen LogP) is 2.49. The molecular formula is C16H20ClN3O3. The number of ether oxygens (including phenoxy) is 1. The average molecular weight is 338 g/mol. The zero-order valence-electron chi connectivity index (χ0n) is 12.9.